The first-order valence-electron chi connectivity index (χ1n) is 7.52. The summed E-state index contributed by atoms with van der Waals surface area (Å²) in [6, 6.07) is 5.66. The standard InChI is InChI=1S/C16H21N3O2/c1-18(11-12-6-2-3-7-14(12)20)16(21)13-10-17-15-8-4-5-9-19(13)15/h4-5,8-10,12,14,20H,2-3,6-7,11H2,1H3. The molecule has 1 aliphatic rings. The normalized spacial score (nSPS) is 22.4. The van der Waals surface area contributed by atoms with Crippen LogP contribution in [0.5, 0.6) is 0 Å². The highest BCUT2D eigenvalue weighted by Gasteiger charge is 2.26. The zero-order chi connectivity index (χ0) is 14.8. The quantitative estimate of drug-likeness (QED) is 0.939. The van der Waals surface area contributed by atoms with E-state index in [2.05, 4.69) is 4.98 Å². The SMILES string of the molecule is CN(CC1CCCCC1O)C(=O)c1cnc2ccccn12. The molecule has 2 heterocycles. The van der Waals surface area contributed by atoms with Gasteiger partial charge in [-0.15, -0.1) is 0 Å². The lowest BCUT2D eigenvalue weighted by Crippen LogP contribution is -2.38. The second-order valence-electron chi connectivity index (χ2n) is 5.87. The van der Waals surface area contributed by atoms with E-state index < -0.39 is 0 Å². The van der Waals surface area contributed by atoms with Gasteiger partial charge in [0.15, 0.2) is 0 Å². The number of fused-ring (bicyclic) bond motifs is 1. The van der Waals surface area contributed by atoms with Crippen molar-refractivity contribution >= 4 is 11.6 Å². The molecule has 0 radical (unpaired) electrons. The van der Waals surface area contributed by atoms with Gasteiger partial charge in [-0.25, -0.2) is 4.98 Å². The third kappa shape index (κ3) is 2.78. The summed E-state index contributed by atoms with van der Waals surface area (Å²) in [5.74, 6) is 0.137. The maximum Gasteiger partial charge on any atom is 0.272 e. The lowest BCUT2D eigenvalue weighted by Gasteiger charge is -2.31. The van der Waals surface area contributed by atoms with Gasteiger partial charge in [0.1, 0.15) is 11.3 Å². The first-order chi connectivity index (χ1) is 10.2. The van der Waals surface area contributed by atoms with Gasteiger partial charge in [0.25, 0.3) is 5.91 Å². The van der Waals surface area contributed by atoms with Crippen molar-refractivity contribution in [3.05, 3.63) is 36.3 Å². The molecule has 1 saturated carbocycles. The first kappa shape index (κ1) is 14.1. The van der Waals surface area contributed by atoms with Gasteiger partial charge in [0, 0.05) is 25.7 Å². The summed E-state index contributed by atoms with van der Waals surface area (Å²) in [6.07, 6.45) is 7.25. The molecule has 21 heavy (non-hydrogen) atoms. The van der Waals surface area contributed by atoms with Crippen LogP contribution in [0.4, 0.5) is 0 Å². The van der Waals surface area contributed by atoms with Gasteiger partial charge in [-0.05, 0) is 25.0 Å². The van der Waals surface area contributed by atoms with Crippen LogP contribution in [0, 0.1) is 5.92 Å². The maximum atomic E-state index is 12.6. The summed E-state index contributed by atoms with van der Waals surface area (Å²) in [5, 5.41) is 10.0. The van der Waals surface area contributed by atoms with Crippen molar-refractivity contribution in [3.8, 4) is 0 Å². The minimum atomic E-state index is -0.281. The lowest BCUT2D eigenvalue weighted by molar-refractivity contribution is 0.0448. The summed E-state index contributed by atoms with van der Waals surface area (Å²) in [6.45, 7) is 0.597. The molecule has 2 atom stereocenters. The summed E-state index contributed by atoms with van der Waals surface area (Å²) in [5.41, 5.74) is 1.34. The zero-order valence-corrected chi connectivity index (χ0v) is 12.3. The van der Waals surface area contributed by atoms with E-state index in [4.69, 9.17) is 0 Å². The number of rotatable bonds is 3. The monoisotopic (exact) mass is 287 g/mol. The molecule has 0 aromatic carbocycles. The fraction of sp³-hybridized carbons (Fsp3) is 0.500. The number of hydrogen-bond acceptors (Lipinski definition) is 3. The highest BCUT2D eigenvalue weighted by atomic mass is 16.3. The number of imidazole rings is 1. The fourth-order valence-electron chi connectivity index (χ4n) is 3.12. The van der Waals surface area contributed by atoms with E-state index >= 15 is 0 Å². The first-order valence-corrected chi connectivity index (χ1v) is 7.52. The molecule has 1 aliphatic carbocycles. The van der Waals surface area contributed by atoms with Crippen LogP contribution in [0.1, 0.15) is 36.2 Å². The third-order valence-corrected chi connectivity index (χ3v) is 4.36. The Bertz CT molecular complexity index is 637. The van der Waals surface area contributed by atoms with Crippen LogP contribution in [0.2, 0.25) is 0 Å². The summed E-state index contributed by atoms with van der Waals surface area (Å²) < 4.78 is 1.80. The van der Waals surface area contributed by atoms with E-state index in [1.807, 2.05) is 24.4 Å². The molecule has 2 aromatic heterocycles. The highest BCUT2D eigenvalue weighted by Crippen LogP contribution is 2.25. The zero-order valence-electron chi connectivity index (χ0n) is 12.3. The number of aliphatic hydroxyl groups is 1. The van der Waals surface area contributed by atoms with Crippen molar-refractivity contribution in [2.75, 3.05) is 13.6 Å². The van der Waals surface area contributed by atoms with E-state index in [1.54, 1.807) is 22.5 Å². The number of pyridine rings is 1. The minimum absolute atomic E-state index is 0.0496. The minimum Gasteiger partial charge on any atom is -0.393 e. The molecular weight excluding hydrogens is 266 g/mol. The molecule has 1 fully saturated rings. The average molecular weight is 287 g/mol. The van der Waals surface area contributed by atoms with Crippen LogP contribution in [0.15, 0.2) is 30.6 Å². The molecule has 2 unspecified atom stereocenters. The topological polar surface area (TPSA) is 57.8 Å². The Hall–Kier alpha value is -1.88. The summed E-state index contributed by atoms with van der Waals surface area (Å²) in [7, 11) is 1.80. The average Bonchev–Trinajstić information content (AvgIpc) is 2.92. The van der Waals surface area contributed by atoms with Gasteiger partial charge in [-0.1, -0.05) is 18.9 Å². The molecule has 5 nitrogen and oxygen atoms in total. The largest absolute Gasteiger partial charge is 0.393 e. The predicted molar refractivity (Wildman–Crippen MR) is 80.1 cm³/mol. The van der Waals surface area contributed by atoms with Crippen LogP contribution >= 0.6 is 0 Å². The number of nitrogens with zero attached hydrogens (tertiary/aromatic N) is 3. The van der Waals surface area contributed by atoms with Crippen molar-refractivity contribution in [2.45, 2.75) is 31.8 Å². The van der Waals surface area contributed by atoms with E-state index in [1.165, 1.54) is 0 Å². The molecule has 5 heteroatoms. The summed E-state index contributed by atoms with van der Waals surface area (Å²) >= 11 is 0. The van der Waals surface area contributed by atoms with Gasteiger partial charge in [-0.3, -0.25) is 9.20 Å². The van der Waals surface area contributed by atoms with Crippen LogP contribution < -0.4 is 0 Å². The smallest absolute Gasteiger partial charge is 0.272 e. The molecule has 0 spiro atoms. The van der Waals surface area contributed by atoms with E-state index in [-0.39, 0.29) is 17.9 Å². The number of aromatic nitrogens is 2. The van der Waals surface area contributed by atoms with Crippen LogP contribution in [0.25, 0.3) is 5.65 Å². The number of aliphatic hydroxyl groups excluding tert-OH is 1. The van der Waals surface area contributed by atoms with E-state index in [0.717, 1.165) is 31.3 Å². The Morgan fingerprint density at radius 2 is 2.24 bits per heavy atom. The highest BCUT2D eigenvalue weighted by molar-refractivity contribution is 5.93. The third-order valence-electron chi connectivity index (χ3n) is 4.36. The molecule has 1 amide bonds. The van der Waals surface area contributed by atoms with Crippen molar-refractivity contribution in [1.29, 1.82) is 0 Å². The number of hydrogen-bond donors (Lipinski definition) is 1. The predicted octanol–water partition coefficient (Wildman–Crippen LogP) is 1.96. The maximum absolute atomic E-state index is 12.6. The van der Waals surface area contributed by atoms with Gasteiger partial charge >= 0.3 is 0 Å². The molecule has 112 valence electrons. The van der Waals surface area contributed by atoms with Crippen molar-refractivity contribution in [3.63, 3.8) is 0 Å². The lowest BCUT2D eigenvalue weighted by atomic mass is 9.86. The van der Waals surface area contributed by atoms with Crippen LogP contribution in [0.3, 0.4) is 0 Å². The van der Waals surface area contributed by atoms with Gasteiger partial charge in [0.05, 0.1) is 12.3 Å². The van der Waals surface area contributed by atoms with Gasteiger partial charge < -0.3 is 10.0 Å². The van der Waals surface area contributed by atoms with Crippen molar-refractivity contribution < 1.29 is 9.90 Å². The van der Waals surface area contributed by atoms with E-state index in [0.29, 0.717) is 12.2 Å². The number of amides is 1. The number of carbonyl (C=O) groups is 1. The second-order valence-corrected chi connectivity index (χ2v) is 5.87. The Morgan fingerprint density at radius 1 is 1.43 bits per heavy atom. The summed E-state index contributed by atoms with van der Waals surface area (Å²) in [4.78, 5) is 18.5. The molecule has 1 N–H and O–H groups in total. The number of carbonyl (C=O) groups excluding carboxylic acids is 1. The molecule has 2 aromatic rings. The van der Waals surface area contributed by atoms with Crippen LogP contribution in [-0.2, 0) is 0 Å². The Kier molecular flexibility index (Phi) is 3.92. The van der Waals surface area contributed by atoms with Crippen LogP contribution in [-0.4, -0.2) is 45.0 Å². The van der Waals surface area contributed by atoms with E-state index in [9.17, 15) is 9.90 Å². The molecular formula is C16H21N3O2. The van der Waals surface area contributed by atoms with Gasteiger partial charge in [0.2, 0.25) is 0 Å². The Labute approximate surface area is 124 Å². The molecule has 0 aliphatic heterocycles. The van der Waals surface area contributed by atoms with Crippen molar-refractivity contribution in [1.82, 2.24) is 14.3 Å². The fourth-order valence-corrected chi connectivity index (χ4v) is 3.12. The molecule has 0 saturated heterocycles. The van der Waals surface area contributed by atoms with Crippen molar-refractivity contribution in [2.24, 2.45) is 5.92 Å². The Morgan fingerprint density at radius 3 is 3.05 bits per heavy atom. The molecule has 0 bridgehead atoms. The molecule has 3 rings (SSSR count). The van der Waals surface area contributed by atoms with Gasteiger partial charge in [-0.2, -0.15) is 0 Å². The Balaban J connectivity index is 1.75. The second kappa shape index (κ2) is 5.85.